The second-order valence-electron chi connectivity index (χ2n) is 10.0. The second-order valence-corrected chi connectivity index (χ2v) is 11.0. The van der Waals surface area contributed by atoms with Crippen LogP contribution in [0.5, 0.6) is 11.5 Å². The zero-order valence-corrected chi connectivity index (χ0v) is 25.5. The third-order valence-corrected chi connectivity index (χ3v) is 8.21. The van der Waals surface area contributed by atoms with Gasteiger partial charge in [0.25, 0.3) is 5.56 Å². The number of thiazole rings is 1. The first kappa shape index (κ1) is 30.1. The van der Waals surface area contributed by atoms with Gasteiger partial charge < -0.3 is 28.3 Å². The molecule has 0 N–H and O–H groups in total. The van der Waals surface area contributed by atoms with Gasteiger partial charge in [-0.25, -0.2) is 14.6 Å². The number of methoxy groups -OCH3 is 1. The number of hydrogen-bond acceptors (Lipinski definition) is 11. The summed E-state index contributed by atoms with van der Waals surface area (Å²) in [4.78, 5) is 46.2. The predicted octanol–water partition coefficient (Wildman–Crippen LogP) is 3.33. The van der Waals surface area contributed by atoms with Gasteiger partial charge in [0, 0.05) is 25.2 Å². The van der Waals surface area contributed by atoms with Crippen LogP contribution < -0.4 is 29.3 Å². The molecule has 0 bridgehead atoms. The van der Waals surface area contributed by atoms with E-state index >= 15 is 0 Å². The Labute approximate surface area is 252 Å². The Kier molecular flexibility index (Phi) is 9.34. The molecule has 0 aliphatic carbocycles. The number of esters is 2. The maximum Gasteiger partial charge on any atom is 0.343 e. The number of hydrogen-bond donors (Lipinski definition) is 0. The average molecular weight is 610 g/mol. The van der Waals surface area contributed by atoms with Gasteiger partial charge in [0.05, 0.1) is 42.2 Å². The van der Waals surface area contributed by atoms with Crippen molar-refractivity contribution < 1.29 is 33.0 Å². The van der Waals surface area contributed by atoms with E-state index in [-0.39, 0.29) is 24.3 Å². The summed E-state index contributed by atoms with van der Waals surface area (Å²) in [5, 5.41) is 0. The van der Waals surface area contributed by atoms with E-state index in [2.05, 4.69) is 14.6 Å². The van der Waals surface area contributed by atoms with E-state index in [1.807, 2.05) is 19.1 Å². The molecule has 4 heterocycles. The smallest absolute Gasteiger partial charge is 0.343 e. The molecule has 12 heteroatoms. The van der Waals surface area contributed by atoms with Gasteiger partial charge in [-0.15, -0.1) is 0 Å². The monoisotopic (exact) mass is 609 g/mol. The molecule has 0 radical (unpaired) electrons. The van der Waals surface area contributed by atoms with E-state index < -0.39 is 18.0 Å². The van der Waals surface area contributed by atoms with Crippen LogP contribution in [0.1, 0.15) is 57.4 Å². The Hall–Kier alpha value is -4.32. The largest absolute Gasteiger partial charge is 0.490 e. The third-order valence-electron chi connectivity index (χ3n) is 7.23. The van der Waals surface area contributed by atoms with Gasteiger partial charge >= 0.3 is 11.9 Å². The zero-order chi connectivity index (χ0) is 30.5. The summed E-state index contributed by atoms with van der Waals surface area (Å²) in [5.74, 6) is 0.920. The number of carbonyl (C=O) groups excluding carboxylic acids is 2. The van der Waals surface area contributed by atoms with E-state index in [1.165, 1.54) is 29.4 Å². The topological polar surface area (TPSA) is 122 Å². The summed E-state index contributed by atoms with van der Waals surface area (Å²) in [6.07, 6.45) is 5.18. The molecule has 0 unspecified atom stereocenters. The SMILES string of the molecule is CCOC(=O)C1=C(C)N=c2s/c(=C\c3ccc(N4CCCCC4)o3)c(=O)n2[C@H]1c1ccc(OCC(=O)OC)c(OCC)c1. The minimum Gasteiger partial charge on any atom is -0.490 e. The molecular weight excluding hydrogens is 574 g/mol. The number of aromatic nitrogens is 1. The van der Waals surface area contributed by atoms with Crippen LogP contribution in [0.15, 0.2) is 55.8 Å². The van der Waals surface area contributed by atoms with Gasteiger partial charge in [0.2, 0.25) is 0 Å². The lowest BCUT2D eigenvalue weighted by Crippen LogP contribution is -2.40. The average Bonchev–Trinajstić information content (AvgIpc) is 3.60. The number of fused-ring (bicyclic) bond motifs is 1. The van der Waals surface area contributed by atoms with Gasteiger partial charge in [-0.3, -0.25) is 9.36 Å². The number of piperidine rings is 1. The van der Waals surface area contributed by atoms with Crippen LogP contribution >= 0.6 is 11.3 Å². The normalized spacial score (nSPS) is 16.9. The van der Waals surface area contributed by atoms with Crippen LogP contribution in [0.2, 0.25) is 0 Å². The summed E-state index contributed by atoms with van der Waals surface area (Å²) >= 11 is 1.22. The van der Waals surface area contributed by atoms with Crippen molar-refractivity contribution in [2.24, 2.45) is 4.99 Å². The van der Waals surface area contributed by atoms with Crippen molar-refractivity contribution in [2.45, 2.75) is 46.1 Å². The molecule has 2 aliphatic rings. The van der Waals surface area contributed by atoms with Crippen molar-refractivity contribution in [3.05, 3.63) is 72.6 Å². The number of benzene rings is 1. The molecule has 1 aromatic carbocycles. The number of carbonyl (C=O) groups is 2. The fourth-order valence-electron chi connectivity index (χ4n) is 5.22. The lowest BCUT2D eigenvalue weighted by atomic mass is 9.95. The zero-order valence-electron chi connectivity index (χ0n) is 24.7. The summed E-state index contributed by atoms with van der Waals surface area (Å²) in [6, 6.07) is 8.02. The maximum atomic E-state index is 14.0. The summed E-state index contributed by atoms with van der Waals surface area (Å²) in [6.45, 7) is 7.34. The molecule has 43 heavy (non-hydrogen) atoms. The number of anilines is 1. The number of furan rings is 1. The number of nitrogens with zero attached hydrogens (tertiary/aromatic N) is 3. The molecule has 1 fully saturated rings. The molecule has 11 nitrogen and oxygen atoms in total. The minimum atomic E-state index is -0.841. The Morgan fingerprint density at radius 3 is 2.58 bits per heavy atom. The van der Waals surface area contributed by atoms with E-state index in [0.29, 0.717) is 44.5 Å². The van der Waals surface area contributed by atoms with Crippen LogP contribution in [0.3, 0.4) is 0 Å². The van der Waals surface area contributed by atoms with E-state index in [9.17, 15) is 14.4 Å². The van der Waals surface area contributed by atoms with Crippen LogP contribution in [0, 0.1) is 0 Å². The molecule has 3 aromatic rings. The maximum absolute atomic E-state index is 14.0. The van der Waals surface area contributed by atoms with Crippen molar-refractivity contribution in [3.63, 3.8) is 0 Å². The first-order valence-electron chi connectivity index (χ1n) is 14.3. The van der Waals surface area contributed by atoms with Gasteiger partial charge in [0.15, 0.2) is 28.8 Å². The van der Waals surface area contributed by atoms with Gasteiger partial charge in [0.1, 0.15) is 5.76 Å². The second kappa shape index (κ2) is 13.3. The lowest BCUT2D eigenvalue weighted by Gasteiger charge is -2.25. The summed E-state index contributed by atoms with van der Waals surface area (Å²) in [7, 11) is 1.28. The van der Waals surface area contributed by atoms with E-state index in [4.69, 9.17) is 18.6 Å². The lowest BCUT2D eigenvalue weighted by molar-refractivity contribution is -0.143. The minimum absolute atomic E-state index is 0.162. The Morgan fingerprint density at radius 1 is 1.07 bits per heavy atom. The highest BCUT2D eigenvalue weighted by molar-refractivity contribution is 7.07. The van der Waals surface area contributed by atoms with Crippen molar-refractivity contribution in [1.29, 1.82) is 0 Å². The molecule has 2 aromatic heterocycles. The van der Waals surface area contributed by atoms with Crippen LogP contribution in [-0.2, 0) is 19.1 Å². The van der Waals surface area contributed by atoms with Gasteiger partial charge in [-0.1, -0.05) is 17.4 Å². The molecule has 0 saturated carbocycles. The van der Waals surface area contributed by atoms with Crippen LogP contribution in [0.25, 0.3) is 6.08 Å². The standard InChI is InChI=1S/C31H35N3O8S/c1-5-39-23-16-20(10-12-22(23)41-18-26(35)38-4)28-27(30(37)40-6-2)19(3)32-31-34(28)29(36)24(43-31)17-21-11-13-25(42-21)33-14-8-7-9-15-33/h10-13,16-17,28H,5-9,14-15,18H2,1-4H3/b24-17-/t28-/m0/s1. The quantitative estimate of drug-likeness (QED) is 0.319. The summed E-state index contributed by atoms with van der Waals surface area (Å²) in [5.41, 5.74) is 0.967. The third kappa shape index (κ3) is 6.38. The highest BCUT2D eigenvalue weighted by Crippen LogP contribution is 2.36. The van der Waals surface area contributed by atoms with Crippen LogP contribution in [-0.4, -0.2) is 56.5 Å². The molecule has 228 valence electrons. The molecule has 2 aliphatic heterocycles. The van der Waals surface area contributed by atoms with Crippen molar-refractivity contribution in [1.82, 2.24) is 4.57 Å². The van der Waals surface area contributed by atoms with Gasteiger partial charge in [-0.2, -0.15) is 0 Å². The molecule has 1 saturated heterocycles. The van der Waals surface area contributed by atoms with Crippen molar-refractivity contribution in [2.75, 3.05) is 44.9 Å². The first-order valence-corrected chi connectivity index (χ1v) is 15.2. The van der Waals surface area contributed by atoms with Crippen molar-refractivity contribution in [3.8, 4) is 11.5 Å². The summed E-state index contributed by atoms with van der Waals surface area (Å²) < 4.78 is 29.5. The van der Waals surface area contributed by atoms with Crippen molar-refractivity contribution >= 4 is 35.2 Å². The van der Waals surface area contributed by atoms with Gasteiger partial charge in [-0.05, 0) is 63.8 Å². The molecule has 5 rings (SSSR count). The first-order chi connectivity index (χ1) is 20.8. The highest BCUT2D eigenvalue weighted by Gasteiger charge is 2.34. The van der Waals surface area contributed by atoms with Crippen LogP contribution in [0.4, 0.5) is 5.88 Å². The Balaban J connectivity index is 1.59. The Bertz CT molecular complexity index is 1710. The fourth-order valence-corrected chi connectivity index (χ4v) is 6.24. The fraction of sp³-hybridized carbons (Fsp3) is 0.419. The number of allylic oxidation sites excluding steroid dienone is 1. The Morgan fingerprint density at radius 2 is 1.86 bits per heavy atom. The number of rotatable bonds is 10. The highest BCUT2D eigenvalue weighted by atomic mass is 32.1. The van der Waals surface area contributed by atoms with E-state index in [0.717, 1.165) is 31.8 Å². The molecule has 0 spiro atoms. The molecule has 0 amide bonds. The molecule has 1 atom stereocenters. The number of ether oxygens (including phenoxy) is 4. The molecular formula is C31H35N3O8S. The predicted molar refractivity (Wildman–Crippen MR) is 160 cm³/mol. The van der Waals surface area contributed by atoms with E-state index in [1.54, 1.807) is 38.1 Å².